The molecule has 1 fully saturated rings. The van der Waals surface area contributed by atoms with Gasteiger partial charge in [0.05, 0.1) is 19.4 Å². The first-order chi connectivity index (χ1) is 7.79. The molecule has 1 saturated heterocycles. The van der Waals surface area contributed by atoms with E-state index in [0.29, 0.717) is 11.9 Å². The highest BCUT2D eigenvalue weighted by Crippen LogP contribution is 2.24. The molecule has 16 heavy (non-hydrogen) atoms. The first-order valence-corrected chi connectivity index (χ1v) is 5.64. The van der Waals surface area contributed by atoms with Gasteiger partial charge in [0.25, 0.3) is 0 Å². The molecule has 1 aliphatic heterocycles. The summed E-state index contributed by atoms with van der Waals surface area (Å²) in [5.74, 6) is 0.649. The van der Waals surface area contributed by atoms with Gasteiger partial charge in [-0.25, -0.2) is 4.98 Å². The van der Waals surface area contributed by atoms with Crippen molar-refractivity contribution >= 4 is 5.69 Å². The van der Waals surface area contributed by atoms with Crippen LogP contribution in [0.3, 0.4) is 0 Å². The highest BCUT2D eigenvalue weighted by atomic mass is 16.5. The van der Waals surface area contributed by atoms with Crippen LogP contribution in [0.5, 0.6) is 5.88 Å². The number of pyridine rings is 1. The molecule has 4 nitrogen and oxygen atoms in total. The first-order valence-electron chi connectivity index (χ1n) is 5.64. The quantitative estimate of drug-likeness (QED) is 0.849. The van der Waals surface area contributed by atoms with E-state index in [-0.39, 0.29) is 0 Å². The van der Waals surface area contributed by atoms with E-state index in [1.54, 1.807) is 13.3 Å². The monoisotopic (exact) mass is 222 g/mol. The lowest BCUT2D eigenvalue weighted by atomic mass is 10.1. The minimum Gasteiger partial charge on any atom is -0.480 e. The fraction of sp³-hybridized carbons (Fsp3) is 0.583. The molecule has 4 heteroatoms. The Morgan fingerprint density at radius 2 is 2.44 bits per heavy atom. The fourth-order valence-electron chi connectivity index (χ4n) is 1.90. The summed E-state index contributed by atoms with van der Waals surface area (Å²) in [6, 6.07) is 2.42. The van der Waals surface area contributed by atoms with Crippen LogP contribution in [-0.2, 0) is 4.74 Å². The SMILES string of the molecule is COc1ncc(C)cc1NC1CCCOC1. The summed E-state index contributed by atoms with van der Waals surface area (Å²) in [4.78, 5) is 4.24. The number of aromatic nitrogens is 1. The van der Waals surface area contributed by atoms with E-state index in [2.05, 4.69) is 16.4 Å². The molecule has 1 aliphatic rings. The van der Waals surface area contributed by atoms with E-state index < -0.39 is 0 Å². The molecule has 0 aliphatic carbocycles. The predicted molar refractivity (Wildman–Crippen MR) is 63.0 cm³/mol. The molecule has 1 unspecified atom stereocenters. The Morgan fingerprint density at radius 3 is 3.12 bits per heavy atom. The molecule has 2 heterocycles. The van der Waals surface area contributed by atoms with Crippen LogP contribution >= 0.6 is 0 Å². The van der Waals surface area contributed by atoms with Crippen LogP contribution in [0.4, 0.5) is 5.69 Å². The van der Waals surface area contributed by atoms with Crippen molar-refractivity contribution in [2.45, 2.75) is 25.8 Å². The van der Waals surface area contributed by atoms with Gasteiger partial charge in [0.15, 0.2) is 0 Å². The van der Waals surface area contributed by atoms with Crippen LogP contribution in [0, 0.1) is 6.92 Å². The number of hydrogen-bond donors (Lipinski definition) is 1. The summed E-state index contributed by atoms with van der Waals surface area (Å²) >= 11 is 0. The van der Waals surface area contributed by atoms with Gasteiger partial charge >= 0.3 is 0 Å². The lowest BCUT2D eigenvalue weighted by Crippen LogP contribution is -2.30. The van der Waals surface area contributed by atoms with Crippen molar-refractivity contribution in [2.24, 2.45) is 0 Å². The first kappa shape index (κ1) is 11.2. The van der Waals surface area contributed by atoms with E-state index in [1.165, 1.54) is 0 Å². The third-order valence-corrected chi connectivity index (χ3v) is 2.70. The molecule has 0 aromatic carbocycles. The van der Waals surface area contributed by atoms with E-state index in [1.807, 2.05) is 6.92 Å². The smallest absolute Gasteiger partial charge is 0.237 e. The van der Waals surface area contributed by atoms with Crippen molar-refractivity contribution in [1.29, 1.82) is 0 Å². The molecule has 88 valence electrons. The van der Waals surface area contributed by atoms with Gasteiger partial charge < -0.3 is 14.8 Å². The molecule has 1 aromatic heterocycles. The Bertz CT molecular complexity index is 349. The fourth-order valence-corrected chi connectivity index (χ4v) is 1.90. The Labute approximate surface area is 96.0 Å². The number of aryl methyl sites for hydroxylation is 1. The maximum atomic E-state index is 5.43. The van der Waals surface area contributed by atoms with Crippen LogP contribution in [0.25, 0.3) is 0 Å². The lowest BCUT2D eigenvalue weighted by molar-refractivity contribution is 0.0875. The number of anilines is 1. The zero-order chi connectivity index (χ0) is 11.4. The van der Waals surface area contributed by atoms with Crippen molar-refractivity contribution in [1.82, 2.24) is 4.98 Å². The summed E-state index contributed by atoms with van der Waals surface area (Å²) in [5.41, 5.74) is 2.08. The predicted octanol–water partition coefficient (Wildman–Crippen LogP) is 1.99. The van der Waals surface area contributed by atoms with Gasteiger partial charge in [-0.3, -0.25) is 0 Å². The number of ether oxygens (including phenoxy) is 2. The summed E-state index contributed by atoms with van der Waals surface area (Å²) < 4.78 is 10.7. The van der Waals surface area contributed by atoms with Crippen molar-refractivity contribution in [3.8, 4) is 5.88 Å². The summed E-state index contributed by atoms with van der Waals surface area (Å²) in [5, 5.41) is 3.43. The normalized spacial score (nSPS) is 20.5. The molecule has 2 rings (SSSR count). The number of hydrogen-bond acceptors (Lipinski definition) is 4. The van der Waals surface area contributed by atoms with E-state index in [9.17, 15) is 0 Å². The third-order valence-electron chi connectivity index (χ3n) is 2.70. The minimum absolute atomic E-state index is 0.367. The minimum atomic E-state index is 0.367. The topological polar surface area (TPSA) is 43.4 Å². The lowest BCUT2D eigenvalue weighted by Gasteiger charge is -2.24. The zero-order valence-electron chi connectivity index (χ0n) is 9.82. The summed E-state index contributed by atoms with van der Waals surface area (Å²) in [7, 11) is 1.64. The molecule has 1 aromatic rings. The third kappa shape index (κ3) is 2.64. The standard InChI is InChI=1S/C12H18N2O2/c1-9-6-11(12(15-2)13-7-9)14-10-4-3-5-16-8-10/h6-7,10,14H,3-5,8H2,1-2H3. The Hall–Kier alpha value is -1.29. The molecule has 1 atom stereocenters. The van der Waals surface area contributed by atoms with Crippen LogP contribution in [0.15, 0.2) is 12.3 Å². The number of rotatable bonds is 3. The Balaban J connectivity index is 2.09. The maximum Gasteiger partial charge on any atom is 0.237 e. The van der Waals surface area contributed by atoms with Crippen molar-refractivity contribution in [3.63, 3.8) is 0 Å². The average Bonchev–Trinajstić information content (AvgIpc) is 2.31. The van der Waals surface area contributed by atoms with Crippen LogP contribution in [0.1, 0.15) is 18.4 Å². The van der Waals surface area contributed by atoms with E-state index in [0.717, 1.165) is 37.3 Å². The number of nitrogens with one attached hydrogen (secondary N) is 1. The second-order valence-electron chi connectivity index (χ2n) is 4.13. The molecule has 0 amide bonds. The molecule has 0 bridgehead atoms. The molecular weight excluding hydrogens is 204 g/mol. The second kappa shape index (κ2) is 5.16. The van der Waals surface area contributed by atoms with Gasteiger partial charge in [-0.1, -0.05) is 0 Å². The Morgan fingerprint density at radius 1 is 1.56 bits per heavy atom. The van der Waals surface area contributed by atoms with Crippen molar-refractivity contribution in [3.05, 3.63) is 17.8 Å². The van der Waals surface area contributed by atoms with Gasteiger partial charge in [-0.05, 0) is 31.4 Å². The van der Waals surface area contributed by atoms with Gasteiger partial charge in [-0.15, -0.1) is 0 Å². The molecule has 0 saturated carbocycles. The van der Waals surface area contributed by atoms with Gasteiger partial charge in [0.2, 0.25) is 5.88 Å². The molecule has 1 N–H and O–H groups in total. The highest BCUT2D eigenvalue weighted by molar-refractivity contribution is 5.54. The van der Waals surface area contributed by atoms with Gasteiger partial charge in [-0.2, -0.15) is 0 Å². The van der Waals surface area contributed by atoms with Crippen LogP contribution in [-0.4, -0.2) is 31.3 Å². The Kier molecular flexibility index (Phi) is 3.62. The maximum absolute atomic E-state index is 5.43. The number of methoxy groups -OCH3 is 1. The number of nitrogens with zero attached hydrogens (tertiary/aromatic N) is 1. The molecule has 0 radical (unpaired) electrons. The van der Waals surface area contributed by atoms with Crippen LogP contribution in [0.2, 0.25) is 0 Å². The second-order valence-corrected chi connectivity index (χ2v) is 4.13. The van der Waals surface area contributed by atoms with Gasteiger partial charge in [0.1, 0.15) is 0 Å². The van der Waals surface area contributed by atoms with Crippen molar-refractivity contribution < 1.29 is 9.47 Å². The molecular formula is C12H18N2O2. The highest BCUT2D eigenvalue weighted by Gasteiger charge is 2.15. The summed E-state index contributed by atoms with van der Waals surface area (Å²) in [6.07, 6.45) is 4.05. The van der Waals surface area contributed by atoms with Crippen LogP contribution < -0.4 is 10.1 Å². The average molecular weight is 222 g/mol. The molecule has 0 spiro atoms. The van der Waals surface area contributed by atoms with E-state index >= 15 is 0 Å². The van der Waals surface area contributed by atoms with E-state index in [4.69, 9.17) is 9.47 Å². The van der Waals surface area contributed by atoms with Crippen molar-refractivity contribution in [2.75, 3.05) is 25.6 Å². The zero-order valence-corrected chi connectivity index (χ0v) is 9.82. The largest absolute Gasteiger partial charge is 0.480 e. The van der Waals surface area contributed by atoms with Gasteiger partial charge in [0, 0.05) is 18.8 Å². The summed E-state index contributed by atoms with van der Waals surface area (Å²) in [6.45, 7) is 3.66.